The Bertz CT molecular complexity index is 195. The average Bonchev–Trinajstić information content (AvgIpc) is 2.79. The zero-order valence-electron chi connectivity index (χ0n) is 10.9. The van der Waals surface area contributed by atoms with Crippen LogP contribution in [0, 0.1) is 5.92 Å². The highest BCUT2D eigenvalue weighted by Crippen LogP contribution is 2.22. The summed E-state index contributed by atoms with van der Waals surface area (Å²) in [7, 11) is 0. The fraction of sp³-hybridized carbons (Fsp3) is 1.00. The smallest absolute Gasteiger partial charge is 0.0107 e. The van der Waals surface area contributed by atoms with Crippen LogP contribution in [0.15, 0.2) is 0 Å². The number of hydrogen-bond donors (Lipinski definition) is 2. The molecule has 2 atom stereocenters. The number of nitrogens with one attached hydrogen (secondary N) is 1. The number of rotatable bonds is 5. The van der Waals surface area contributed by atoms with E-state index in [1.165, 1.54) is 58.2 Å². The molecule has 2 aliphatic rings. The molecule has 0 amide bonds. The first-order chi connectivity index (χ1) is 7.86. The van der Waals surface area contributed by atoms with E-state index in [0.29, 0.717) is 6.04 Å². The van der Waals surface area contributed by atoms with Crippen LogP contribution in [0.25, 0.3) is 0 Å². The fourth-order valence-electron chi connectivity index (χ4n) is 3.02. The van der Waals surface area contributed by atoms with Crippen molar-refractivity contribution in [3.63, 3.8) is 0 Å². The summed E-state index contributed by atoms with van der Waals surface area (Å²) in [6.45, 7) is 6.12. The summed E-state index contributed by atoms with van der Waals surface area (Å²) in [6.07, 6.45) is 8.08. The SMILES string of the molecule is Cl.N[C@H]1CCCCC1CNCCN1CCCC1. The first-order valence-corrected chi connectivity index (χ1v) is 7.05. The second-order valence-electron chi connectivity index (χ2n) is 5.46. The van der Waals surface area contributed by atoms with Crippen molar-refractivity contribution in [1.82, 2.24) is 10.2 Å². The van der Waals surface area contributed by atoms with Crippen LogP contribution in [0.3, 0.4) is 0 Å². The molecule has 0 radical (unpaired) electrons. The van der Waals surface area contributed by atoms with Crippen LogP contribution in [0.5, 0.6) is 0 Å². The van der Waals surface area contributed by atoms with Crippen LogP contribution in [0.2, 0.25) is 0 Å². The van der Waals surface area contributed by atoms with Crippen molar-refractivity contribution in [3.8, 4) is 0 Å². The molecule has 4 heteroatoms. The van der Waals surface area contributed by atoms with Gasteiger partial charge in [-0.25, -0.2) is 0 Å². The molecule has 1 aliphatic heterocycles. The molecule has 0 spiro atoms. The number of halogens is 1. The Morgan fingerprint density at radius 1 is 1.06 bits per heavy atom. The molecular formula is C13H28ClN3. The average molecular weight is 262 g/mol. The van der Waals surface area contributed by atoms with E-state index in [9.17, 15) is 0 Å². The molecule has 3 N–H and O–H groups in total. The summed E-state index contributed by atoms with van der Waals surface area (Å²) in [6, 6.07) is 0.452. The minimum Gasteiger partial charge on any atom is -0.327 e. The summed E-state index contributed by atoms with van der Waals surface area (Å²) in [5.74, 6) is 0.729. The minimum absolute atomic E-state index is 0. The lowest BCUT2D eigenvalue weighted by molar-refractivity contribution is 0.284. The topological polar surface area (TPSA) is 41.3 Å². The molecule has 2 rings (SSSR count). The van der Waals surface area contributed by atoms with Gasteiger partial charge in [-0.2, -0.15) is 0 Å². The second-order valence-corrected chi connectivity index (χ2v) is 5.46. The van der Waals surface area contributed by atoms with E-state index in [4.69, 9.17) is 5.73 Å². The highest BCUT2D eigenvalue weighted by Gasteiger charge is 2.21. The highest BCUT2D eigenvalue weighted by atomic mass is 35.5. The van der Waals surface area contributed by atoms with Crippen molar-refractivity contribution in [3.05, 3.63) is 0 Å². The minimum atomic E-state index is 0. The predicted molar refractivity (Wildman–Crippen MR) is 75.7 cm³/mol. The fourth-order valence-corrected chi connectivity index (χ4v) is 3.02. The van der Waals surface area contributed by atoms with E-state index in [2.05, 4.69) is 10.2 Å². The molecule has 102 valence electrons. The van der Waals surface area contributed by atoms with Gasteiger partial charge < -0.3 is 16.0 Å². The van der Waals surface area contributed by atoms with E-state index in [1.807, 2.05) is 0 Å². The molecule has 0 aromatic heterocycles. The molecule has 0 aromatic carbocycles. The number of likely N-dealkylation sites (tertiary alicyclic amines) is 1. The molecule has 1 aliphatic carbocycles. The number of nitrogens with two attached hydrogens (primary N) is 1. The number of hydrogen-bond acceptors (Lipinski definition) is 3. The van der Waals surface area contributed by atoms with Crippen LogP contribution < -0.4 is 11.1 Å². The third kappa shape index (κ3) is 5.12. The summed E-state index contributed by atoms with van der Waals surface area (Å²) >= 11 is 0. The monoisotopic (exact) mass is 261 g/mol. The Kier molecular flexibility index (Phi) is 7.44. The zero-order valence-corrected chi connectivity index (χ0v) is 11.7. The second kappa shape index (κ2) is 8.30. The molecule has 0 bridgehead atoms. The van der Waals surface area contributed by atoms with Gasteiger partial charge in [0.15, 0.2) is 0 Å². The Balaban J connectivity index is 0.00000144. The van der Waals surface area contributed by atoms with Gasteiger partial charge in [0.2, 0.25) is 0 Å². The molecule has 2 fully saturated rings. The normalized spacial score (nSPS) is 30.2. The zero-order chi connectivity index (χ0) is 11.2. The van der Waals surface area contributed by atoms with Crippen molar-refractivity contribution < 1.29 is 0 Å². The van der Waals surface area contributed by atoms with Crippen LogP contribution in [0.4, 0.5) is 0 Å². The first kappa shape index (κ1) is 15.2. The van der Waals surface area contributed by atoms with E-state index in [0.717, 1.165) is 19.0 Å². The molecule has 3 nitrogen and oxygen atoms in total. The third-order valence-corrected chi connectivity index (χ3v) is 4.18. The molecule has 17 heavy (non-hydrogen) atoms. The lowest BCUT2D eigenvalue weighted by Crippen LogP contribution is -2.41. The van der Waals surface area contributed by atoms with Crippen LogP contribution >= 0.6 is 12.4 Å². The Labute approximate surface area is 112 Å². The van der Waals surface area contributed by atoms with E-state index in [1.54, 1.807) is 0 Å². The molecule has 0 aromatic rings. The summed E-state index contributed by atoms with van der Waals surface area (Å²) in [4.78, 5) is 2.56. The Morgan fingerprint density at radius 2 is 1.76 bits per heavy atom. The van der Waals surface area contributed by atoms with Crippen molar-refractivity contribution in [1.29, 1.82) is 0 Å². The Morgan fingerprint density at radius 3 is 2.47 bits per heavy atom. The van der Waals surface area contributed by atoms with Crippen molar-refractivity contribution in [2.24, 2.45) is 11.7 Å². The van der Waals surface area contributed by atoms with E-state index >= 15 is 0 Å². The summed E-state index contributed by atoms with van der Waals surface area (Å²) in [5.41, 5.74) is 6.13. The lowest BCUT2D eigenvalue weighted by atomic mass is 9.85. The van der Waals surface area contributed by atoms with Crippen LogP contribution in [-0.4, -0.2) is 43.7 Å². The molecule has 1 saturated heterocycles. The van der Waals surface area contributed by atoms with E-state index in [-0.39, 0.29) is 12.4 Å². The van der Waals surface area contributed by atoms with Gasteiger partial charge in [-0.05, 0) is 51.2 Å². The van der Waals surface area contributed by atoms with Crippen molar-refractivity contribution in [2.45, 2.75) is 44.6 Å². The summed E-state index contributed by atoms with van der Waals surface area (Å²) < 4.78 is 0. The van der Waals surface area contributed by atoms with Gasteiger partial charge in [-0.15, -0.1) is 12.4 Å². The first-order valence-electron chi connectivity index (χ1n) is 7.05. The third-order valence-electron chi connectivity index (χ3n) is 4.18. The maximum atomic E-state index is 6.13. The van der Waals surface area contributed by atoms with E-state index < -0.39 is 0 Å². The maximum Gasteiger partial charge on any atom is 0.0107 e. The van der Waals surface area contributed by atoms with Crippen molar-refractivity contribution in [2.75, 3.05) is 32.7 Å². The lowest BCUT2D eigenvalue weighted by Gasteiger charge is -2.29. The van der Waals surface area contributed by atoms with Gasteiger partial charge in [-0.1, -0.05) is 12.8 Å². The Hall–Kier alpha value is 0.170. The van der Waals surface area contributed by atoms with Gasteiger partial charge in [0.25, 0.3) is 0 Å². The standard InChI is InChI=1S/C13H27N3.ClH/c14-13-6-2-1-5-12(13)11-15-7-10-16-8-3-4-9-16;/h12-13,15H,1-11,14H2;1H/t12?,13-;/m0./s1. The van der Waals surface area contributed by atoms with Gasteiger partial charge in [0.1, 0.15) is 0 Å². The largest absolute Gasteiger partial charge is 0.327 e. The van der Waals surface area contributed by atoms with Crippen LogP contribution in [0.1, 0.15) is 38.5 Å². The van der Waals surface area contributed by atoms with Crippen LogP contribution in [-0.2, 0) is 0 Å². The van der Waals surface area contributed by atoms with Gasteiger partial charge >= 0.3 is 0 Å². The van der Waals surface area contributed by atoms with Gasteiger partial charge in [0.05, 0.1) is 0 Å². The predicted octanol–water partition coefficient (Wildman–Crippen LogP) is 1.61. The maximum absolute atomic E-state index is 6.13. The molecule has 1 heterocycles. The molecule has 1 saturated carbocycles. The number of nitrogens with zero attached hydrogens (tertiary/aromatic N) is 1. The van der Waals surface area contributed by atoms with Gasteiger partial charge in [0, 0.05) is 19.1 Å². The van der Waals surface area contributed by atoms with Crippen molar-refractivity contribution >= 4 is 12.4 Å². The summed E-state index contributed by atoms with van der Waals surface area (Å²) in [5, 5.41) is 3.59. The highest BCUT2D eigenvalue weighted by molar-refractivity contribution is 5.85. The quantitative estimate of drug-likeness (QED) is 0.739. The van der Waals surface area contributed by atoms with Gasteiger partial charge in [-0.3, -0.25) is 0 Å². The molecule has 1 unspecified atom stereocenters. The molecular weight excluding hydrogens is 234 g/mol.